The standard InChI is InChI=1S/C15H20N2O2S/c1-3-19-12-4-5-14-13(10-12)16-15(7-9-20)17(14)8-6-11(2)18/h4-5,10,20H,3,6-9H2,1-2H3. The molecule has 0 saturated carbocycles. The second-order valence-corrected chi connectivity index (χ2v) is 5.14. The molecule has 1 aromatic heterocycles. The molecule has 0 aliphatic heterocycles. The summed E-state index contributed by atoms with van der Waals surface area (Å²) in [5.74, 6) is 2.73. The second-order valence-electron chi connectivity index (χ2n) is 4.69. The van der Waals surface area contributed by atoms with Gasteiger partial charge in [-0.15, -0.1) is 0 Å². The molecular formula is C15H20N2O2S. The Labute approximate surface area is 124 Å². The summed E-state index contributed by atoms with van der Waals surface area (Å²) in [4.78, 5) is 15.9. The van der Waals surface area contributed by atoms with Gasteiger partial charge < -0.3 is 9.30 Å². The third-order valence-corrected chi connectivity index (χ3v) is 3.36. The van der Waals surface area contributed by atoms with Crippen molar-refractivity contribution in [3.63, 3.8) is 0 Å². The number of rotatable bonds is 7. The molecule has 0 aliphatic rings. The summed E-state index contributed by atoms with van der Waals surface area (Å²) in [6, 6.07) is 5.91. The van der Waals surface area contributed by atoms with Crippen molar-refractivity contribution >= 4 is 29.4 Å². The smallest absolute Gasteiger partial charge is 0.131 e. The van der Waals surface area contributed by atoms with Gasteiger partial charge in [-0.25, -0.2) is 4.98 Å². The van der Waals surface area contributed by atoms with E-state index in [1.54, 1.807) is 6.92 Å². The van der Waals surface area contributed by atoms with Crippen molar-refractivity contribution in [3.05, 3.63) is 24.0 Å². The molecule has 0 radical (unpaired) electrons. The van der Waals surface area contributed by atoms with Crippen molar-refractivity contribution in [2.45, 2.75) is 33.2 Å². The van der Waals surface area contributed by atoms with E-state index >= 15 is 0 Å². The number of carbonyl (C=O) groups is 1. The largest absolute Gasteiger partial charge is 0.494 e. The number of ketones is 1. The molecule has 0 unspecified atom stereocenters. The first-order valence-corrected chi connectivity index (χ1v) is 7.51. The van der Waals surface area contributed by atoms with E-state index < -0.39 is 0 Å². The minimum absolute atomic E-state index is 0.189. The minimum Gasteiger partial charge on any atom is -0.494 e. The SMILES string of the molecule is CCOc1ccc2c(c1)nc(CCS)n2CCC(C)=O. The Hall–Kier alpha value is -1.49. The van der Waals surface area contributed by atoms with Crippen LogP contribution in [0.25, 0.3) is 11.0 Å². The summed E-state index contributed by atoms with van der Waals surface area (Å²) in [6.07, 6.45) is 1.32. The number of hydrogen-bond donors (Lipinski definition) is 1. The molecule has 0 N–H and O–H groups in total. The summed E-state index contributed by atoms with van der Waals surface area (Å²) in [5, 5.41) is 0. The van der Waals surface area contributed by atoms with Crippen LogP contribution in [0.4, 0.5) is 0 Å². The molecule has 2 rings (SSSR count). The monoisotopic (exact) mass is 292 g/mol. The lowest BCUT2D eigenvalue weighted by atomic mass is 10.2. The molecule has 108 valence electrons. The van der Waals surface area contributed by atoms with Gasteiger partial charge in [0.2, 0.25) is 0 Å². The van der Waals surface area contributed by atoms with Crippen LogP contribution in [0, 0.1) is 0 Å². The number of imidazole rings is 1. The Kier molecular flexibility index (Phi) is 5.06. The van der Waals surface area contributed by atoms with Crippen molar-refractivity contribution in [2.24, 2.45) is 0 Å². The number of nitrogens with zero attached hydrogens (tertiary/aromatic N) is 2. The van der Waals surface area contributed by atoms with Crippen LogP contribution in [-0.2, 0) is 17.8 Å². The molecule has 20 heavy (non-hydrogen) atoms. The minimum atomic E-state index is 0.189. The van der Waals surface area contributed by atoms with E-state index in [0.717, 1.165) is 34.8 Å². The Morgan fingerprint density at radius 1 is 1.45 bits per heavy atom. The average molecular weight is 292 g/mol. The summed E-state index contributed by atoms with van der Waals surface area (Å²) in [5.41, 5.74) is 1.96. The maximum atomic E-state index is 11.2. The van der Waals surface area contributed by atoms with Gasteiger partial charge in [0, 0.05) is 25.5 Å². The molecule has 1 aromatic carbocycles. The zero-order valence-electron chi connectivity index (χ0n) is 11.9. The fourth-order valence-electron chi connectivity index (χ4n) is 2.23. The van der Waals surface area contributed by atoms with E-state index in [-0.39, 0.29) is 5.78 Å². The van der Waals surface area contributed by atoms with Crippen molar-refractivity contribution in [1.29, 1.82) is 0 Å². The van der Waals surface area contributed by atoms with Gasteiger partial charge >= 0.3 is 0 Å². The van der Waals surface area contributed by atoms with Gasteiger partial charge in [0.25, 0.3) is 0 Å². The number of aryl methyl sites for hydroxylation is 2. The Bertz CT molecular complexity index is 607. The number of thiol groups is 1. The summed E-state index contributed by atoms with van der Waals surface area (Å²) >= 11 is 4.28. The first-order valence-electron chi connectivity index (χ1n) is 6.88. The maximum Gasteiger partial charge on any atom is 0.131 e. The zero-order chi connectivity index (χ0) is 14.5. The van der Waals surface area contributed by atoms with Crippen molar-refractivity contribution in [1.82, 2.24) is 9.55 Å². The topological polar surface area (TPSA) is 44.1 Å². The lowest BCUT2D eigenvalue weighted by molar-refractivity contribution is -0.117. The number of Topliss-reactive ketones (excluding diaryl/α,β-unsaturated/α-hetero) is 1. The van der Waals surface area contributed by atoms with E-state index in [1.807, 2.05) is 25.1 Å². The lowest BCUT2D eigenvalue weighted by Gasteiger charge is -2.07. The van der Waals surface area contributed by atoms with Crippen molar-refractivity contribution < 1.29 is 9.53 Å². The highest BCUT2D eigenvalue weighted by molar-refractivity contribution is 7.80. The van der Waals surface area contributed by atoms with E-state index in [1.165, 1.54) is 0 Å². The molecule has 0 saturated heterocycles. The van der Waals surface area contributed by atoms with Crippen LogP contribution in [0.15, 0.2) is 18.2 Å². The van der Waals surface area contributed by atoms with Crippen LogP contribution in [-0.4, -0.2) is 27.7 Å². The van der Waals surface area contributed by atoms with E-state index in [4.69, 9.17) is 4.74 Å². The quantitative estimate of drug-likeness (QED) is 0.798. The Morgan fingerprint density at radius 3 is 2.90 bits per heavy atom. The Balaban J connectivity index is 2.40. The van der Waals surface area contributed by atoms with Crippen LogP contribution in [0.5, 0.6) is 5.75 Å². The van der Waals surface area contributed by atoms with Crippen molar-refractivity contribution in [3.8, 4) is 5.75 Å². The molecule has 1 heterocycles. The fraction of sp³-hybridized carbons (Fsp3) is 0.467. The number of fused-ring (bicyclic) bond motifs is 1. The Morgan fingerprint density at radius 2 is 2.25 bits per heavy atom. The van der Waals surface area contributed by atoms with Crippen LogP contribution < -0.4 is 4.74 Å². The highest BCUT2D eigenvalue weighted by Crippen LogP contribution is 2.23. The van der Waals surface area contributed by atoms with Gasteiger partial charge in [0.05, 0.1) is 17.6 Å². The maximum absolute atomic E-state index is 11.2. The molecule has 4 nitrogen and oxygen atoms in total. The molecule has 2 aromatic rings. The number of carbonyl (C=O) groups excluding carboxylic acids is 1. The van der Waals surface area contributed by atoms with Crippen LogP contribution in [0.3, 0.4) is 0 Å². The van der Waals surface area contributed by atoms with Gasteiger partial charge in [-0.05, 0) is 31.7 Å². The molecule has 0 fully saturated rings. The zero-order valence-corrected chi connectivity index (χ0v) is 12.8. The molecule has 5 heteroatoms. The summed E-state index contributed by atoms with van der Waals surface area (Å²) < 4.78 is 7.62. The molecule has 0 atom stereocenters. The number of hydrogen-bond acceptors (Lipinski definition) is 4. The third kappa shape index (κ3) is 3.33. The molecule has 0 aliphatic carbocycles. The van der Waals surface area contributed by atoms with E-state index in [0.29, 0.717) is 19.6 Å². The molecular weight excluding hydrogens is 272 g/mol. The third-order valence-electron chi connectivity index (χ3n) is 3.13. The summed E-state index contributed by atoms with van der Waals surface area (Å²) in [7, 11) is 0. The fourth-order valence-corrected chi connectivity index (χ4v) is 2.43. The predicted molar refractivity (Wildman–Crippen MR) is 83.8 cm³/mol. The van der Waals surface area contributed by atoms with Crippen LogP contribution in [0.1, 0.15) is 26.1 Å². The van der Waals surface area contributed by atoms with Gasteiger partial charge in [-0.1, -0.05) is 0 Å². The van der Waals surface area contributed by atoms with Crippen molar-refractivity contribution in [2.75, 3.05) is 12.4 Å². The number of ether oxygens (including phenoxy) is 1. The molecule has 0 amide bonds. The van der Waals surface area contributed by atoms with Gasteiger partial charge in [-0.2, -0.15) is 12.6 Å². The van der Waals surface area contributed by atoms with Gasteiger partial charge in [0.15, 0.2) is 0 Å². The lowest BCUT2D eigenvalue weighted by Crippen LogP contribution is -2.07. The van der Waals surface area contributed by atoms with Crippen LogP contribution >= 0.6 is 12.6 Å². The number of aromatic nitrogens is 2. The van der Waals surface area contributed by atoms with Gasteiger partial charge in [-0.3, -0.25) is 4.79 Å². The highest BCUT2D eigenvalue weighted by atomic mass is 32.1. The van der Waals surface area contributed by atoms with Gasteiger partial charge in [0.1, 0.15) is 17.4 Å². The average Bonchev–Trinajstić information content (AvgIpc) is 2.74. The normalized spacial score (nSPS) is 10.9. The van der Waals surface area contributed by atoms with E-state index in [2.05, 4.69) is 22.2 Å². The molecule has 0 bridgehead atoms. The van der Waals surface area contributed by atoms with Crippen LogP contribution in [0.2, 0.25) is 0 Å². The number of benzene rings is 1. The first-order chi connectivity index (χ1) is 9.65. The molecule has 0 spiro atoms. The highest BCUT2D eigenvalue weighted by Gasteiger charge is 2.11. The first kappa shape index (κ1) is 14.9. The van der Waals surface area contributed by atoms with E-state index in [9.17, 15) is 4.79 Å². The summed E-state index contributed by atoms with van der Waals surface area (Å²) in [6.45, 7) is 4.88. The predicted octanol–water partition coefficient (Wildman–Crippen LogP) is 2.89. The second kappa shape index (κ2) is 6.79.